The van der Waals surface area contributed by atoms with Crippen molar-refractivity contribution in [2.45, 2.75) is 32.3 Å². The number of nitrogens with one attached hydrogen (secondary N) is 2. The number of allylic oxidation sites excluding steroid dienone is 1. The highest BCUT2D eigenvalue weighted by atomic mass is 35.5. The van der Waals surface area contributed by atoms with E-state index in [9.17, 15) is 19.2 Å². The van der Waals surface area contributed by atoms with Crippen LogP contribution in [0.1, 0.15) is 42.6 Å². The van der Waals surface area contributed by atoms with Crippen LogP contribution in [0.25, 0.3) is 0 Å². The molecule has 0 bridgehead atoms. The first-order valence-corrected chi connectivity index (χ1v) is 11.4. The van der Waals surface area contributed by atoms with Gasteiger partial charge in [-0.25, -0.2) is 4.79 Å². The average Bonchev–Trinajstić information content (AvgIpc) is 2.83. The molecule has 35 heavy (non-hydrogen) atoms. The predicted octanol–water partition coefficient (Wildman–Crippen LogP) is 3.67. The fourth-order valence-electron chi connectivity index (χ4n) is 2.75. The van der Waals surface area contributed by atoms with Crippen molar-refractivity contribution < 1.29 is 29.0 Å². The molecule has 0 aliphatic carbocycles. The van der Waals surface area contributed by atoms with Crippen molar-refractivity contribution in [1.82, 2.24) is 10.6 Å². The number of halogens is 1. The second-order valence-electron chi connectivity index (χ2n) is 7.87. The number of hydrogen-bond acceptors (Lipinski definition) is 6. The fourth-order valence-corrected chi connectivity index (χ4v) is 2.87. The van der Waals surface area contributed by atoms with Crippen LogP contribution < -0.4 is 15.4 Å². The first-order valence-electron chi connectivity index (χ1n) is 11.0. The van der Waals surface area contributed by atoms with E-state index < -0.39 is 11.6 Å². The number of carboxylic acids is 1. The highest BCUT2D eigenvalue weighted by Gasteiger charge is 2.29. The van der Waals surface area contributed by atoms with Gasteiger partial charge in [0.2, 0.25) is 0 Å². The molecular formula is C26H31ClN2O6. The lowest BCUT2D eigenvalue weighted by Gasteiger charge is -2.25. The zero-order chi connectivity index (χ0) is 26.3. The maximum atomic E-state index is 12.5. The van der Waals surface area contributed by atoms with E-state index in [1.807, 2.05) is 7.05 Å². The third-order valence-electron chi connectivity index (χ3n) is 4.60. The SMILES string of the molecule is CNCCCCNC(=O)C(C)(C)Oc1ccc(C(=O)c2ccc(Cl)cc2)cc1.O=C/C=C\C(=O)O. The summed E-state index contributed by atoms with van der Waals surface area (Å²) in [7, 11) is 1.91. The molecule has 0 saturated heterocycles. The molecule has 2 aromatic rings. The molecule has 0 radical (unpaired) electrons. The quantitative estimate of drug-likeness (QED) is 0.175. The van der Waals surface area contributed by atoms with Gasteiger partial charge in [0.15, 0.2) is 11.4 Å². The summed E-state index contributed by atoms with van der Waals surface area (Å²) in [4.78, 5) is 43.7. The number of benzene rings is 2. The van der Waals surface area contributed by atoms with E-state index in [0.29, 0.717) is 34.7 Å². The molecule has 0 spiro atoms. The van der Waals surface area contributed by atoms with Gasteiger partial charge in [0.05, 0.1) is 0 Å². The number of amides is 1. The molecule has 0 heterocycles. The van der Waals surface area contributed by atoms with Crippen molar-refractivity contribution >= 4 is 35.5 Å². The molecular weight excluding hydrogens is 472 g/mol. The van der Waals surface area contributed by atoms with E-state index in [2.05, 4.69) is 10.6 Å². The predicted molar refractivity (Wildman–Crippen MR) is 135 cm³/mol. The van der Waals surface area contributed by atoms with E-state index >= 15 is 0 Å². The maximum absolute atomic E-state index is 12.5. The summed E-state index contributed by atoms with van der Waals surface area (Å²) in [6.07, 6.45) is 4.01. The standard InChI is InChI=1S/C22H27ClN2O3.C4H4O3/c1-22(2,21(27)25-15-5-4-14-24-3)28-19-12-8-17(9-13-19)20(26)16-6-10-18(23)11-7-16;5-3-1-2-4(6)7/h6-13,24H,4-5,14-15H2,1-3H3,(H,25,27);1-3H,(H,6,7)/b;2-1-. The minimum absolute atomic E-state index is 0.0956. The highest BCUT2D eigenvalue weighted by Crippen LogP contribution is 2.21. The highest BCUT2D eigenvalue weighted by molar-refractivity contribution is 6.30. The fraction of sp³-hybridized carbons (Fsp3) is 0.308. The Balaban J connectivity index is 0.000000762. The topological polar surface area (TPSA) is 122 Å². The lowest BCUT2D eigenvalue weighted by Crippen LogP contribution is -2.46. The number of ketones is 1. The van der Waals surface area contributed by atoms with Crippen LogP contribution in [0.5, 0.6) is 5.75 Å². The first kappa shape index (κ1) is 29.5. The Kier molecular flexibility index (Phi) is 13.0. The van der Waals surface area contributed by atoms with Crippen LogP contribution >= 0.6 is 11.6 Å². The van der Waals surface area contributed by atoms with Gasteiger partial charge in [0.1, 0.15) is 12.0 Å². The van der Waals surface area contributed by atoms with Crippen LogP contribution in [0.3, 0.4) is 0 Å². The molecule has 0 aliphatic rings. The monoisotopic (exact) mass is 502 g/mol. The lowest BCUT2D eigenvalue weighted by atomic mass is 10.0. The number of ether oxygens (including phenoxy) is 1. The number of aliphatic carboxylic acids is 1. The zero-order valence-electron chi connectivity index (χ0n) is 20.0. The normalized spacial score (nSPS) is 10.7. The van der Waals surface area contributed by atoms with Gasteiger partial charge in [-0.2, -0.15) is 0 Å². The molecule has 0 aliphatic heterocycles. The van der Waals surface area contributed by atoms with Crippen molar-refractivity contribution in [3.8, 4) is 5.75 Å². The number of carbonyl (C=O) groups excluding carboxylic acids is 3. The van der Waals surface area contributed by atoms with Crippen LogP contribution in [0.2, 0.25) is 5.02 Å². The van der Waals surface area contributed by atoms with Gasteiger partial charge in [0, 0.05) is 28.8 Å². The molecule has 0 saturated carbocycles. The van der Waals surface area contributed by atoms with Crippen LogP contribution in [-0.4, -0.2) is 54.8 Å². The Morgan fingerprint density at radius 3 is 2.00 bits per heavy atom. The van der Waals surface area contributed by atoms with Crippen LogP contribution in [0, 0.1) is 0 Å². The molecule has 188 valence electrons. The third kappa shape index (κ3) is 11.5. The third-order valence-corrected chi connectivity index (χ3v) is 4.85. The Morgan fingerprint density at radius 2 is 1.51 bits per heavy atom. The van der Waals surface area contributed by atoms with E-state index in [-0.39, 0.29) is 11.7 Å². The van der Waals surface area contributed by atoms with Crippen molar-refractivity contribution in [2.75, 3.05) is 20.1 Å². The molecule has 2 rings (SSSR count). The molecule has 8 nitrogen and oxygen atoms in total. The largest absolute Gasteiger partial charge is 0.478 e. The number of hydrogen-bond donors (Lipinski definition) is 3. The molecule has 0 aromatic heterocycles. The molecule has 9 heteroatoms. The average molecular weight is 503 g/mol. The number of carboxylic acid groups (broad SMARTS) is 1. The van der Waals surface area contributed by atoms with Crippen LogP contribution in [0.4, 0.5) is 0 Å². The van der Waals surface area contributed by atoms with Gasteiger partial charge in [-0.15, -0.1) is 0 Å². The van der Waals surface area contributed by atoms with Crippen LogP contribution in [-0.2, 0) is 14.4 Å². The van der Waals surface area contributed by atoms with Gasteiger partial charge in [-0.05, 0) is 94.9 Å². The van der Waals surface area contributed by atoms with Gasteiger partial charge in [-0.3, -0.25) is 14.4 Å². The number of carbonyl (C=O) groups is 4. The Labute approximate surface area is 210 Å². The molecule has 1 amide bonds. The Bertz CT molecular complexity index is 1000. The molecule has 0 fully saturated rings. The van der Waals surface area contributed by atoms with Gasteiger partial charge < -0.3 is 20.5 Å². The summed E-state index contributed by atoms with van der Waals surface area (Å²) >= 11 is 5.86. The maximum Gasteiger partial charge on any atom is 0.328 e. The summed E-state index contributed by atoms with van der Waals surface area (Å²) in [6.45, 7) is 4.99. The number of rotatable bonds is 12. The van der Waals surface area contributed by atoms with Crippen molar-refractivity contribution in [1.29, 1.82) is 0 Å². The minimum atomic E-state index is -1.10. The van der Waals surface area contributed by atoms with E-state index in [4.69, 9.17) is 21.4 Å². The first-order chi connectivity index (χ1) is 16.6. The zero-order valence-corrected chi connectivity index (χ0v) is 20.8. The number of aldehydes is 1. The molecule has 0 unspecified atom stereocenters. The van der Waals surface area contributed by atoms with E-state index in [0.717, 1.165) is 31.5 Å². The van der Waals surface area contributed by atoms with Gasteiger partial charge in [-0.1, -0.05) is 11.6 Å². The van der Waals surface area contributed by atoms with Gasteiger partial charge in [0.25, 0.3) is 5.91 Å². The smallest absolute Gasteiger partial charge is 0.328 e. The molecule has 2 aromatic carbocycles. The summed E-state index contributed by atoms with van der Waals surface area (Å²) in [5.74, 6) is -0.838. The molecule has 3 N–H and O–H groups in total. The van der Waals surface area contributed by atoms with Crippen LogP contribution in [0.15, 0.2) is 60.7 Å². The van der Waals surface area contributed by atoms with Crippen molar-refractivity contribution in [3.05, 3.63) is 76.8 Å². The second-order valence-corrected chi connectivity index (χ2v) is 8.31. The Morgan fingerprint density at radius 1 is 0.971 bits per heavy atom. The Hall–Kier alpha value is -3.49. The second kappa shape index (κ2) is 15.4. The van der Waals surface area contributed by atoms with Crippen molar-refractivity contribution in [3.63, 3.8) is 0 Å². The van der Waals surface area contributed by atoms with Crippen molar-refractivity contribution in [2.24, 2.45) is 0 Å². The number of unbranched alkanes of at least 4 members (excludes halogenated alkanes) is 1. The summed E-state index contributed by atoms with van der Waals surface area (Å²) in [5, 5.41) is 14.4. The van der Waals surface area contributed by atoms with E-state index in [1.54, 1.807) is 62.4 Å². The van der Waals surface area contributed by atoms with Gasteiger partial charge >= 0.3 is 5.97 Å². The molecule has 0 atom stereocenters. The summed E-state index contributed by atoms with van der Waals surface area (Å²) < 4.78 is 5.84. The lowest BCUT2D eigenvalue weighted by molar-refractivity contribution is -0.134. The summed E-state index contributed by atoms with van der Waals surface area (Å²) in [5.41, 5.74) is 0.0996. The summed E-state index contributed by atoms with van der Waals surface area (Å²) in [6, 6.07) is 13.5. The van der Waals surface area contributed by atoms with E-state index in [1.165, 1.54) is 0 Å². The minimum Gasteiger partial charge on any atom is -0.478 e.